The molecule has 1 aromatic rings. The van der Waals surface area contributed by atoms with Gasteiger partial charge < -0.3 is 4.84 Å². The summed E-state index contributed by atoms with van der Waals surface area (Å²) in [6.07, 6.45) is 1.99. The Bertz CT molecular complexity index is 474. The molecule has 4 nitrogen and oxygen atoms in total. The molecule has 0 aliphatic heterocycles. The molecule has 0 saturated heterocycles. The monoisotopic (exact) mass is 241 g/mol. The van der Waals surface area contributed by atoms with Gasteiger partial charge in [0.1, 0.15) is 0 Å². The van der Waals surface area contributed by atoms with Crippen molar-refractivity contribution in [3.63, 3.8) is 0 Å². The lowest BCUT2D eigenvalue weighted by molar-refractivity contribution is 0.339. The Morgan fingerprint density at radius 3 is 2.31 bits per heavy atom. The summed E-state index contributed by atoms with van der Waals surface area (Å²) in [4.78, 5) is 5.39. The highest BCUT2D eigenvalue weighted by atomic mass is 32.2. The molecule has 88 valence electrons. The summed E-state index contributed by atoms with van der Waals surface area (Å²) in [5.41, 5.74) is 0.882. The molecular formula is C11H15NO3S. The predicted molar refractivity (Wildman–Crippen MR) is 63.6 cm³/mol. The number of oxime groups is 1. The maximum absolute atomic E-state index is 11.2. The second-order valence-corrected chi connectivity index (χ2v) is 5.53. The quantitative estimate of drug-likeness (QED) is 0.600. The van der Waals surface area contributed by atoms with Gasteiger partial charge in [0, 0.05) is 6.26 Å². The van der Waals surface area contributed by atoms with Crippen LogP contribution in [-0.4, -0.2) is 20.4 Å². The van der Waals surface area contributed by atoms with Gasteiger partial charge in [-0.05, 0) is 37.6 Å². The summed E-state index contributed by atoms with van der Waals surface area (Å²) in [5.74, 6) is 0.528. The molecule has 0 saturated carbocycles. The molecular weight excluding hydrogens is 226 g/mol. The van der Waals surface area contributed by atoms with Gasteiger partial charge in [0.25, 0.3) is 0 Å². The summed E-state index contributed by atoms with van der Waals surface area (Å²) in [5, 5.41) is 3.87. The lowest BCUT2D eigenvalue weighted by Gasteiger charge is -2.01. The van der Waals surface area contributed by atoms with Crippen LogP contribution in [0.3, 0.4) is 0 Å². The number of rotatable bonds is 4. The molecule has 0 amide bonds. The van der Waals surface area contributed by atoms with Gasteiger partial charge in [0.15, 0.2) is 15.6 Å². The molecule has 1 aromatic carbocycles. The number of benzene rings is 1. The molecule has 0 atom stereocenters. The highest BCUT2D eigenvalue weighted by molar-refractivity contribution is 7.90. The summed E-state index contributed by atoms with van der Waals surface area (Å²) in [6, 6.07) is 6.18. The fraction of sp³-hybridized carbons (Fsp3) is 0.364. The molecule has 1 rings (SSSR count). The van der Waals surface area contributed by atoms with Crippen molar-refractivity contribution in [1.82, 2.24) is 0 Å². The molecule has 0 unspecified atom stereocenters. The molecule has 0 aliphatic carbocycles. The number of hydrogen-bond acceptors (Lipinski definition) is 4. The van der Waals surface area contributed by atoms with Gasteiger partial charge in [-0.1, -0.05) is 12.1 Å². The zero-order chi connectivity index (χ0) is 12.2. The van der Waals surface area contributed by atoms with Crippen molar-refractivity contribution in [3.05, 3.63) is 24.3 Å². The molecule has 0 aromatic heterocycles. The Morgan fingerprint density at radius 2 is 1.88 bits per heavy atom. The number of hydrogen-bond donors (Lipinski definition) is 0. The van der Waals surface area contributed by atoms with Gasteiger partial charge in [-0.25, -0.2) is 8.42 Å². The van der Waals surface area contributed by atoms with E-state index >= 15 is 0 Å². The van der Waals surface area contributed by atoms with E-state index < -0.39 is 9.84 Å². The van der Waals surface area contributed by atoms with Gasteiger partial charge in [-0.3, -0.25) is 0 Å². The molecule has 5 heteroatoms. The first kappa shape index (κ1) is 12.7. The van der Waals surface area contributed by atoms with Crippen LogP contribution in [0, 0.1) is 0 Å². The third kappa shape index (κ3) is 3.66. The van der Waals surface area contributed by atoms with Crippen molar-refractivity contribution >= 4 is 15.5 Å². The summed E-state index contributed by atoms with van der Waals surface area (Å²) >= 11 is 0. The second-order valence-electron chi connectivity index (χ2n) is 3.51. The molecule has 0 bridgehead atoms. The number of sulfone groups is 1. The van der Waals surface area contributed by atoms with Gasteiger partial charge >= 0.3 is 0 Å². The summed E-state index contributed by atoms with van der Waals surface area (Å²) in [7, 11) is -3.15. The maximum atomic E-state index is 11.2. The van der Waals surface area contributed by atoms with Crippen LogP contribution in [-0.2, 0) is 9.84 Å². The van der Waals surface area contributed by atoms with Crippen molar-refractivity contribution in [2.75, 3.05) is 6.26 Å². The first-order chi connectivity index (χ1) is 7.43. The van der Waals surface area contributed by atoms with Gasteiger partial charge in [-0.2, -0.15) is 0 Å². The van der Waals surface area contributed by atoms with Crippen LogP contribution in [0.5, 0.6) is 5.75 Å². The first-order valence-corrected chi connectivity index (χ1v) is 6.83. The van der Waals surface area contributed by atoms with Crippen molar-refractivity contribution < 1.29 is 13.3 Å². The van der Waals surface area contributed by atoms with Crippen molar-refractivity contribution in [3.8, 4) is 5.75 Å². The van der Waals surface area contributed by atoms with Crippen LogP contribution in [0.2, 0.25) is 0 Å². The molecule has 0 radical (unpaired) electrons. The Hall–Kier alpha value is -1.36. The summed E-state index contributed by atoms with van der Waals surface area (Å²) < 4.78 is 22.4. The van der Waals surface area contributed by atoms with Crippen molar-refractivity contribution in [1.29, 1.82) is 0 Å². The highest BCUT2D eigenvalue weighted by Crippen LogP contribution is 2.15. The van der Waals surface area contributed by atoms with E-state index in [1.54, 1.807) is 12.1 Å². The van der Waals surface area contributed by atoms with Gasteiger partial charge in [0.05, 0.1) is 10.6 Å². The van der Waals surface area contributed by atoms with Crippen LogP contribution in [0.25, 0.3) is 0 Å². The normalized spacial score (nSPS) is 12.6. The van der Waals surface area contributed by atoms with Crippen molar-refractivity contribution in [2.45, 2.75) is 25.2 Å². The highest BCUT2D eigenvalue weighted by Gasteiger charge is 2.06. The van der Waals surface area contributed by atoms with Crippen LogP contribution in [0.4, 0.5) is 0 Å². The second kappa shape index (κ2) is 5.12. The Balaban J connectivity index is 2.81. The summed E-state index contributed by atoms with van der Waals surface area (Å²) in [6.45, 7) is 3.85. The Labute approximate surface area is 95.8 Å². The third-order valence-electron chi connectivity index (χ3n) is 2.07. The minimum absolute atomic E-state index is 0.274. The van der Waals surface area contributed by atoms with Crippen LogP contribution < -0.4 is 4.84 Å². The lowest BCUT2D eigenvalue weighted by Crippen LogP contribution is -1.97. The van der Waals surface area contributed by atoms with Crippen LogP contribution >= 0.6 is 0 Å². The largest absolute Gasteiger partial charge is 0.357 e. The molecule has 0 aliphatic rings. The van der Waals surface area contributed by atoms with Crippen LogP contribution in [0.1, 0.15) is 20.3 Å². The smallest absolute Gasteiger partial charge is 0.175 e. The van der Waals surface area contributed by atoms with Gasteiger partial charge in [0.2, 0.25) is 0 Å². The predicted octanol–water partition coefficient (Wildman–Crippen LogP) is 2.25. The average Bonchev–Trinajstić information content (AvgIpc) is 2.25. The zero-order valence-electron chi connectivity index (χ0n) is 9.60. The van der Waals surface area contributed by atoms with E-state index in [-0.39, 0.29) is 4.90 Å². The maximum Gasteiger partial charge on any atom is 0.175 e. The minimum Gasteiger partial charge on any atom is -0.357 e. The third-order valence-corrected chi connectivity index (χ3v) is 3.20. The topological polar surface area (TPSA) is 55.7 Å². The molecule has 16 heavy (non-hydrogen) atoms. The fourth-order valence-corrected chi connectivity index (χ4v) is 1.57. The average molecular weight is 241 g/mol. The van der Waals surface area contributed by atoms with E-state index in [2.05, 4.69) is 5.16 Å². The molecule has 0 fully saturated rings. The first-order valence-electron chi connectivity index (χ1n) is 4.94. The van der Waals surface area contributed by atoms with Crippen molar-refractivity contribution in [2.24, 2.45) is 5.16 Å². The van der Waals surface area contributed by atoms with Gasteiger partial charge in [-0.15, -0.1) is 0 Å². The Morgan fingerprint density at radius 1 is 1.31 bits per heavy atom. The van der Waals surface area contributed by atoms with E-state index in [0.717, 1.165) is 12.1 Å². The molecule has 0 N–H and O–H groups in total. The SMILES string of the molecule is CC/C(C)=N/Oc1ccc(S(C)(=O)=O)cc1. The van der Waals surface area contributed by atoms with E-state index in [4.69, 9.17) is 4.84 Å². The standard InChI is InChI=1S/C11H15NO3S/c1-4-9(2)12-15-10-5-7-11(8-6-10)16(3,13)14/h5-8H,4H2,1-3H3/b12-9+. The Kier molecular flexibility index (Phi) is 4.06. The zero-order valence-corrected chi connectivity index (χ0v) is 10.4. The fourth-order valence-electron chi connectivity index (χ4n) is 0.943. The molecule has 0 spiro atoms. The minimum atomic E-state index is -3.15. The lowest BCUT2D eigenvalue weighted by atomic mass is 10.3. The van der Waals surface area contributed by atoms with Crippen LogP contribution in [0.15, 0.2) is 34.3 Å². The molecule has 0 heterocycles. The van der Waals surface area contributed by atoms with E-state index in [0.29, 0.717) is 5.75 Å². The number of nitrogens with zero attached hydrogens (tertiary/aromatic N) is 1. The van der Waals surface area contributed by atoms with E-state index in [1.807, 2.05) is 13.8 Å². The van der Waals surface area contributed by atoms with E-state index in [1.165, 1.54) is 18.4 Å². The van der Waals surface area contributed by atoms with E-state index in [9.17, 15) is 8.42 Å².